The van der Waals surface area contributed by atoms with Crippen LogP contribution in [0.4, 0.5) is 0 Å². The van der Waals surface area contributed by atoms with Crippen molar-refractivity contribution >= 4 is 16.9 Å². The highest BCUT2D eigenvalue weighted by atomic mass is 16.3. The van der Waals surface area contributed by atoms with Crippen LogP contribution in [-0.2, 0) is 11.3 Å². The van der Waals surface area contributed by atoms with Crippen LogP contribution in [0, 0.1) is 0 Å². The van der Waals surface area contributed by atoms with Crippen LogP contribution >= 0.6 is 0 Å². The zero-order valence-electron chi connectivity index (χ0n) is 9.63. The van der Waals surface area contributed by atoms with Crippen molar-refractivity contribution in [3.05, 3.63) is 30.6 Å². The molecule has 2 aromatic rings. The lowest BCUT2D eigenvalue weighted by atomic mass is 10.3. The van der Waals surface area contributed by atoms with Crippen LogP contribution < -0.4 is 5.32 Å². The van der Waals surface area contributed by atoms with E-state index in [0.717, 1.165) is 11.0 Å². The van der Waals surface area contributed by atoms with Gasteiger partial charge in [0.25, 0.3) is 0 Å². The number of aromatic nitrogens is 2. The molecule has 0 saturated carbocycles. The third kappa shape index (κ3) is 2.82. The monoisotopic (exact) mass is 233 g/mol. The first kappa shape index (κ1) is 11.6. The van der Waals surface area contributed by atoms with Gasteiger partial charge in [-0.25, -0.2) is 4.98 Å². The number of benzene rings is 1. The SMILES string of the molecule is C[C@H](O)CNC(=O)Cn1cnc2ccccc21. The number of aliphatic hydroxyl groups is 1. The van der Waals surface area contributed by atoms with Crippen molar-refractivity contribution in [3.8, 4) is 0 Å². The van der Waals surface area contributed by atoms with Gasteiger partial charge in [-0.15, -0.1) is 0 Å². The number of carbonyl (C=O) groups excluding carboxylic acids is 1. The Hall–Kier alpha value is -1.88. The Morgan fingerprint density at radius 1 is 1.53 bits per heavy atom. The minimum Gasteiger partial charge on any atom is -0.392 e. The summed E-state index contributed by atoms with van der Waals surface area (Å²) in [6.07, 6.45) is 1.12. The Labute approximate surface area is 99.1 Å². The predicted molar refractivity (Wildman–Crippen MR) is 64.4 cm³/mol. The van der Waals surface area contributed by atoms with Crippen molar-refractivity contribution in [2.45, 2.75) is 19.6 Å². The first-order valence-electron chi connectivity index (χ1n) is 5.51. The highest BCUT2D eigenvalue weighted by Gasteiger charge is 2.07. The average molecular weight is 233 g/mol. The smallest absolute Gasteiger partial charge is 0.240 e. The van der Waals surface area contributed by atoms with Crippen molar-refractivity contribution in [3.63, 3.8) is 0 Å². The van der Waals surface area contributed by atoms with Gasteiger partial charge in [0.1, 0.15) is 6.54 Å². The van der Waals surface area contributed by atoms with Crippen molar-refractivity contribution in [2.24, 2.45) is 0 Å². The Morgan fingerprint density at radius 2 is 2.29 bits per heavy atom. The van der Waals surface area contributed by atoms with E-state index >= 15 is 0 Å². The van der Waals surface area contributed by atoms with E-state index in [1.54, 1.807) is 17.8 Å². The number of hydrogen-bond donors (Lipinski definition) is 2. The van der Waals surface area contributed by atoms with Crippen LogP contribution in [0.1, 0.15) is 6.92 Å². The average Bonchev–Trinajstić information content (AvgIpc) is 2.70. The number of aliphatic hydroxyl groups excluding tert-OH is 1. The molecule has 0 aliphatic carbocycles. The van der Waals surface area contributed by atoms with Crippen LogP contribution in [-0.4, -0.2) is 33.2 Å². The normalized spacial score (nSPS) is 12.6. The second kappa shape index (κ2) is 4.97. The molecule has 90 valence electrons. The Kier molecular flexibility index (Phi) is 3.39. The van der Waals surface area contributed by atoms with Gasteiger partial charge in [0.15, 0.2) is 0 Å². The standard InChI is InChI=1S/C12H15N3O2/c1-9(16)6-13-12(17)7-15-8-14-10-4-2-3-5-11(10)15/h2-5,8-9,16H,6-7H2,1H3,(H,13,17)/t9-/m0/s1. The molecule has 0 saturated heterocycles. The second-order valence-electron chi connectivity index (χ2n) is 4.01. The van der Waals surface area contributed by atoms with Crippen molar-refractivity contribution in [1.82, 2.24) is 14.9 Å². The van der Waals surface area contributed by atoms with Crippen molar-refractivity contribution in [2.75, 3.05) is 6.54 Å². The number of carbonyl (C=O) groups is 1. The molecular formula is C12H15N3O2. The molecule has 5 heteroatoms. The number of nitrogens with zero attached hydrogens (tertiary/aromatic N) is 2. The summed E-state index contributed by atoms with van der Waals surface area (Å²) in [6, 6.07) is 7.64. The summed E-state index contributed by atoms with van der Waals surface area (Å²) in [5.41, 5.74) is 1.80. The lowest BCUT2D eigenvalue weighted by molar-refractivity contribution is -0.122. The van der Waals surface area contributed by atoms with Crippen LogP contribution in [0.2, 0.25) is 0 Å². The molecule has 0 aliphatic rings. The summed E-state index contributed by atoms with van der Waals surface area (Å²) in [5, 5.41) is 11.7. The minimum atomic E-state index is -0.529. The van der Waals surface area contributed by atoms with Crippen LogP contribution in [0.5, 0.6) is 0 Å². The molecule has 2 rings (SSSR count). The number of para-hydroxylation sites is 2. The Morgan fingerprint density at radius 3 is 3.06 bits per heavy atom. The van der Waals surface area contributed by atoms with Gasteiger partial charge in [0.05, 0.1) is 23.5 Å². The van der Waals surface area contributed by atoms with E-state index in [-0.39, 0.29) is 19.0 Å². The molecule has 5 nitrogen and oxygen atoms in total. The zero-order chi connectivity index (χ0) is 12.3. The zero-order valence-corrected chi connectivity index (χ0v) is 9.63. The molecule has 0 fully saturated rings. The van der Waals surface area contributed by atoms with E-state index in [2.05, 4.69) is 10.3 Å². The van der Waals surface area contributed by atoms with E-state index in [9.17, 15) is 4.79 Å². The van der Waals surface area contributed by atoms with Gasteiger partial charge in [-0.1, -0.05) is 12.1 Å². The second-order valence-corrected chi connectivity index (χ2v) is 4.01. The molecule has 0 radical (unpaired) electrons. The largest absolute Gasteiger partial charge is 0.392 e. The number of nitrogens with one attached hydrogen (secondary N) is 1. The molecule has 0 unspecified atom stereocenters. The van der Waals surface area contributed by atoms with Crippen LogP contribution in [0.15, 0.2) is 30.6 Å². The maximum Gasteiger partial charge on any atom is 0.240 e. The fourth-order valence-corrected chi connectivity index (χ4v) is 1.61. The summed E-state index contributed by atoms with van der Waals surface area (Å²) >= 11 is 0. The molecule has 0 spiro atoms. The number of imidazole rings is 1. The summed E-state index contributed by atoms with van der Waals surface area (Å²) in [5.74, 6) is -0.131. The molecule has 0 bridgehead atoms. The first-order chi connectivity index (χ1) is 8.16. The Balaban J connectivity index is 2.06. The number of fused-ring (bicyclic) bond motifs is 1. The molecule has 1 amide bonds. The van der Waals surface area contributed by atoms with Crippen molar-refractivity contribution < 1.29 is 9.90 Å². The van der Waals surface area contributed by atoms with Crippen LogP contribution in [0.25, 0.3) is 11.0 Å². The van der Waals surface area contributed by atoms with Crippen molar-refractivity contribution in [1.29, 1.82) is 0 Å². The fourth-order valence-electron chi connectivity index (χ4n) is 1.61. The molecule has 1 aromatic carbocycles. The van der Waals surface area contributed by atoms with Gasteiger partial charge in [-0.05, 0) is 19.1 Å². The van der Waals surface area contributed by atoms with E-state index in [1.165, 1.54) is 0 Å². The number of rotatable bonds is 4. The van der Waals surface area contributed by atoms with Crippen LogP contribution in [0.3, 0.4) is 0 Å². The maximum absolute atomic E-state index is 11.6. The minimum absolute atomic E-state index is 0.131. The highest BCUT2D eigenvalue weighted by Crippen LogP contribution is 2.11. The topological polar surface area (TPSA) is 67.2 Å². The lowest BCUT2D eigenvalue weighted by Crippen LogP contribution is -2.33. The molecular weight excluding hydrogens is 218 g/mol. The van der Waals surface area contributed by atoms with E-state index in [4.69, 9.17) is 5.11 Å². The molecule has 0 aliphatic heterocycles. The van der Waals surface area contributed by atoms with Gasteiger partial charge in [-0.2, -0.15) is 0 Å². The molecule has 17 heavy (non-hydrogen) atoms. The first-order valence-corrected chi connectivity index (χ1v) is 5.51. The third-order valence-electron chi connectivity index (χ3n) is 2.44. The van der Waals surface area contributed by atoms with Gasteiger partial charge < -0.3 is 15.0 Å². The summed E-state index contributed by atoms with van der Waals surface area (Å²) in [6.45, 7) is 2.12. The number of amides is 1. The highest BCUT2D eigenvalue weighted by molar-refractivity contribution is 5.80. The fraction of sp³-hybridized carbons (Fsp3) is 0.333. The summed E-state index contributed by atoms with van der Waals surface area (Å²) in [7, 11) is 0. The maximum atomic E-state index is 11.6. The molecule has 1 aromatic heterocycles. The van der Waals surface area contributed by atoms with E-state index in [0.29, 0.717) is 0 Å². The molecule has 1 heterocycles. The van der Waals surface area contributed by atoms with Gasteiger partial charge >= 0.3 is 0 Å². The Bertz CT molecular complexity index is 519. The van der Waals surface area contributed by atoms with E-state index < -0.39 is 6.10 Å². The quantitative estimate of drug-likeness (QED) is 0.809. The van der Waals surface area contributed by atoms with E-state index in [1.807, 2.05) is 24.3 Å². The molecule has 2 N–H and O–H groups in total. The summed E-state index contributed by atoms with van der Waals surface area (Å²) in [4.78, 5) is 15.8. The third-order valence-corrected chi connectivity index (χ3v) is 2.44. The molecule has 1 atom stereocenters. The van der Waals surface area contributed by atoms with Gasteiger partial charge in [-0.3, -0.25) is 4.79 Å². The summed E-state index contributed by atoms with van der Waals surface area (Å²) < 4.78 is 1.78. The number of hydrogen-bond acceptors (Lipinski definition) is 3. The lowest BCUT2D eigenvalue weighted by Gasteiger charge is -2.08. The predicted octanol–water partition coefficient (Wildman–Crippen LogP) is 0.533. The van der Waals surface area contributed by atoms with Gasteiger partial charge in [0.2, 0.25) is 5.91 Å². The van der Waals surface area contributed by atoms with Gasteiger partial charge in [0, 0.05) is 6.54 Å².